The number of phenolic OH excluding ortho intramolecular Hbond substituents is 1. The minimum absolute atomic E-state index is 0.434. The largest absolute Gasteiger partial charge is 0.507 e. The van der Waals surface area contributed by atoms with Crippen molar-refractivity contribution in [3.8, 4) is 5.75 Å². The van der Waals surface area contributed by atoms with Gasteiger partial charge in [-0.05, 0) is 56.1 Å². The molecular weight excluding hydrogens is 254 g/mol. The van der Waals surface area contributed by atoms with E-state index in [1.165, 1.54) is 31.2 Å². The molecule has 2 nitrogen and oxygen atoms in total. The van der Waals surface area contributed by atoms with Crippen LogP contribution in [0, 0.1) is 13.8 Å². The summed E-state index contributed by atoms with van der Waals surface area (Å²) in [5.41, 5.74) is 3.23. The second-order valence-electron chi connectivity index (χ2n) is 5.68. The van der Waals surface area contributed by atoms with Gasteiger partial charge in [0.2, 0.25) is 0 Å². The van der Waals surface area contributed by atoms with Gasteiger partial charge in [-0.15, -0.1) is 0 Å². The van der Waals surface area contributed by atoms with E-state index in [-0.39, 0.29) is 0 Å². The average molecular weight is 279 g/mol. The van der Waals surface area contributed by atoms with Crippen LogP contribution in [0.1, 0.15) is 42.4 Å². The molecule has 0 aliphatic heterocycles. The van der Waals surface area contributed by atoms with Gasteiger partial charge in [-0.1, -0.05) is 18.6 Å². The highest BCUT2D eigenvalue weighted by Crippen LogP contribution is 2.27. The van der Waals surface area contributed by atoms with E-state index >= 15 is 0 Å². The molecule has 0 heterocycles. The molecule has 2 unspecified atom stereocenters. The van der Waals surface area contributed by atoms with Gasteiger partial charge in [-0.3, -0.25) is 0 Å². The van der Waals surface area contributed by atoms with Gasteiger partial charge in [0.05, 0.1) is 0 Å². The van der Waals surface area contributed by atoms with Crippen LogP contribution >= 0.6 is 11.8 Å². The average Bonchev–Trinajstić information content (AvgIpc) is 2.42. The molecule has 19 heavy (non-hydrogen) atoms. The summed E-state index contributed by atoms with van der Waals surface area (Å²) in [7, 11) is 0. The van der Waals surface area contributed by atoms with Crippen molar-refractivity contribution < 1.29 is 5.11 Å². The van der Waals surface area contributed by atoms with Gasteiger partial charge >= 0.3 is 0 Å². The van der Waals surface area contributed by atoms with Crippen LogP contribution < -0.4 is 5.32 Å². The van der Waals surface area contributed by atoms with E-state index in [4.69, 9.17) is 0 Å². The molecule has 2 N–H and O–H groups in total. The van der Waals surface area contributed by atoms with Crippen LogP contribution in [0.4, 0.5) is 0 Å². The number of hydrogen-bond donors (Lipinski definition) is 2. The lowest BCUT2D eigenvalue weighted by Crippen LogP contribution is -2.34. The van der Waals surface area contributed by atoms with Crippen molar-refractivity contribution in [2.45, 2.75) is 57.4 Å². The van der Waals surface area contributed by atoms with Gasteiger partial charge in [0.25, 0.3) is 0 Å². The van der Waals surface area contributed by atoms with Crippen LogP contribution in [0.15, 0.2) is 12.1 Å². The third kappa shape index (κ3) is 3.90. The smallest absolute Gasteiger partial charge is 0.121 e. The molecule has 1 aliphatic rings. The number of aromatic hydroxyl groups is 1. The highest BCUT2D eigenvalue weighted by Gasteiger charge is 2.20. The predicted molar refractivity (Wildman–Crippen MR) is 84.0 cm³/mol. The van der Waals surface area contributed by atoms with Crippen molar-refractivity contribution in [2.24, 2.45) is 0 Å². The maximum Gasteiger partial charge on any atom is 0.121 e. The van der Waals surface area contributed by atoms with Crippen molar-refractivity contribution in [3.63, 3.8) is 0 Å². The number of hydrogen-bond acceptors (Lipinski definition) is 3. The quantitative estimate of drug-likeness (QED) is 0.880. The van der Waals surface area contributed by atoms with Crippen molar-refractivity contribution >= 4 is 11.8 Å². The zero-order valence-electron chi connectivity index (χ0n) is 12.2. The summed E-state index contributed by atoms with van der Waals surface area (Å²) in [6.07, 6.45) is 7.53. The number of rotatable bonds is 4. The van der Waals surface area contributed by atoms with Crippen LogP contribution in [0.25, 0.3) is 0 Å². The summed E-state index contributed by atoms with van der Waals surface area (Å²) in [4.78, 5) is 0. The van der Waals surface area contributed by atoms with Crippen LogP contribution in [-0.4, -0.2) is 22.7 Å². The molecule has 106 valence electrons. The number of nitrogens with one attached hydrogen (secondary N) is 1. The second-order valence-corrected chi connectivity index (χ2v) is 6.82. The Hall–Kier alpha value is -0.670. The second kappa shape index (κ2) is 6.67. The molecule has 3 heteroatoms. The molecule has 1 saturated carbocycles. The Balaban J connectivity index is 1.91. The van der Waals surface area contributed by atoms with Gasteiger partial charge in [-0.25, -0.2) is 0 Å². The van der Waals surface area contributed by atoms with Crippen molar-refractivity contribution in [2.75, 3.05) is 6.26 Å². The summed E-state index contributed by atoms with van der Waals surface area (Å²) < 4.78 is 0. The molecule has 1 aromatic carbocycles. The van der Waals surface area contributed by atoms with E-state index in [0.717, 1.165) is 22.9 Å². The number of phenols is 1. The topological polar surface area (TPSA) is 32.3 Å². The number of thioether (sulfide) groups is 1. The Morgan fingerprint density at radius 3 is 2.58 bits per heavy atom. The van der Waals surface area contributed by atoms with Crippen LogP contribution in [0.2, 0.25) is 0 Å². The summed E-state index contributed by atoms with van der Waals surface area (Å²) in [5, 5.41) is 14.3. The van der Waals surface area contributed by atoms with E-state index in [1.54, 1.807) is 0 Å². The zero-order chi connectivity index (χ0) is 13.8. The first-order valence-corrected chi connectivity index (χ1v) is 8.44. The van der Waals surface area contributed by atoms with Crippen LogP contribution in [0.5, 0.6) is 5.75 Å². The minimum Gasteiger partial charge on any atom is -0.507 e. The normalized spacial score (nSPS) is 23.5. The maximum absolute atomic E-state index is 9.79. The van der Waals surface area contributed by atoms with Crippen molar-refractivity contribution in [1.29, 1.82) is 0 Å². The molecular formula is C16H25NOS. The SMILES string of the molecule is CSC1CCCC(NCc2cc(C)c(O)c(C)c2)C1. The van der Waals surface area contributed by atoms with Crippen LogP contribution in [0.3, 0.4) is 0 Å². The van der Waals surface area contributed by atoms with Gasteiger partial charge in [0.1, 0.15) is 5.75 Å². The van der Waals surface area contributed by atoms with Crippen molar-refractivity contribution in [1.82, 2.24) is 5.32 Å². The predicted octanol–water partition coefficient (Wildman–Crippen LogP) is 3.77. The highest BCUT2D eigenvalue weighted by molar-refractivity contribution is 7.99. The van der Waals surface area contributed by atoms with E-state index in [2.05, 4.69) is 23.7 Å². The molecule has 0 amide bonds. The van der Waals surface area contributed by atoms with Gasteiger partial charge in [0.15, 0.2) is 0 Å². The zero-order valence-corrected chi connectivity index (χ0v) is 13.0. The molecule has 2 rings (SSSR count). The molecule has 0 radical (unpaired) electrons. The summed E-state index contributed by atoms with van der Waals surface area (Å²) in [6.45, 7) is 4.85. The van der Waals surface area contributed by atoms with E-state index in [9.17, 15) is 5.11 Å². The third-order valence-corrected chi connectivity index (χ3v) is 5.20. The Kier molecular flexibility index (Phi) is 5.17. The fraction of sp³-hybridized carbons (Fsp3) is 0.625. The molecule has 0 spiro atoms. The third-order valence-electron chi connectivity index (χ3n) is 4.11. The first-order valence-electron chi connectivity index (χ1n) is 7.15. The van der Waals surface area contributed by atoms with Crippen molar-refractivity contribution in [3.05, 3.63) is 28.8 Å². The Morgan fingerprint density at radius 1 is 1.26 bits per heavy atom. The highest BCUT2D eigenvalue weighted by atomic mass is 32.2. The van der Waals surface area contributed by atoms with E-state index < -0.39 is 0 Å². The summed E-state index contributed by atoms with van der Waals surface area (Å²) in [5.74, 6) is 0.434. The lowest BCUT2D eigenvalue weighted by molar-refractivity contribution is 0.379. The Labute approximate surface area is 121 Å². The molecule has 0 bridgehead atoms. The molecule has 0 saturated heterocycles. The van der Waals surface area contributed by atoms with Gasteiger partial charge in [-0.2, -0.15) is 11.8 Å². The van der Waals surface area contributed by atoms with E-state index in [1.807, 2.05) is 25.6 Å². The lowest BCUT2D eigenvalue weighted by atomic mass is 9.94. The Morgan fingerprint density at radius 2 is 1.95 bits per heavy atom. The summed E-state index contributed by atoms with van der Waals surface area (Å²) in [6, 6.07) is 4.83. The monoisotopic (exact) mass is 279 g/mol. The number of aryl methyl sites for hydroxylation is 2. The molecule has 1 fully saturated rings. The maximum atomic E-state index is 9.79. The minimum atomic E-state index is 0.434. The molecule has 1 aromatic rings. The lowest BCUT2D eigenvalue weighted by Gasteiger charge is -2.29. The first kappa shape index (κ1) is 14.7. The fourth-order valence-electron chi connectivity index (χ4n) is 2.95. The molecule has 1 aliphatic carbocycles. The fourth-order valence-corrected chi connectivity index (χ4v) is 3.78. The van der Waals surface area contributed by atoms with E-state index in [0.29, 0.717) is 11.8 Å². The standard InChI is InChI=1S/C16H25NOS/c1-11-7-13(8-12(2)16(11)18)10-17-14-5-4-6-15(9-14)19-3/h7-8,14-15,17-18H,4-6,9-10H2,1-3H3. The first-order chi connectivity index (χ1) is 9.10. The van der Waals surface area contributed by atoms with Gasteiger partial charge < -0.3 is 10.4 Å². The van der Waals surface area contributed by atoms with Crippen LogP contribution in [-0.2, 0) is 6.54 Å². The Bertz CT molecular complexity index is 410. The summed E-state index contributed by atoms with van der Waals surface area (Å²) >= 11 is 2.00. The molecule has 0 aromatic heterocycles. The molecule has 2 atom stereocenters. The van der Waals surface area contributed by atoms with Gasteiger partial charge in [0, 0.05) is 17.8 Å². The number of benzene rings is 1.